The zero-order chi connectivity index (χ0) is 24.2. The van der Waals surface area contributed by atoms with Crippen molar-refractivity contribution in [3.8, 4) is 11.5 Å². The SMILES string of the molecule is CCOC(=O)C1=C(CS(=O)(=O)c2ccc(C)cc2)NC(=O)N[C@H]1c1cc(OC)ccc1OC. The maximum absolute atomic E-state index is 13.1. The molecule has 0 saturated carbocycles. The molecule has 0 bridgehead atoms. The first kappa shape index (κ1) is 24.1. The van der Waals surface area contributed by atoms with Crippen LogP contribution in [0.1, 0.15) is 24.1 Å². The monoisotopic (exact) mass is 474 g/mol. The van der Waals surface area contributed by atoms with E-state index < -0.39 is 33.6 Å². The number of rotatable bonds is 8. The zero-order valence-corrected chi connectivity index (χ0v) is 19.6. The van der Waals surface area contributed by atoms with Crippen LogP contribution in [0.5, 0.6) is 11.5 Å². The summed E-state index contributed by atoms with van der Waals surface area (Å²) in [6.45, 7) is 3.55. The number of benzene rings is 2. The van der Waals surface area contributed by atoms with E-state index in [1.807, 2.05) is 6.92 Å². The molecule has 9 nitrogen and oxygen atoms in total. The second-order valence-electron chi connectivity index (χ2n) is 7.32. The second kappa shape index (κ2) is 9.95. The second-order valence-corrected chi connectivity index (χ2v) is 9.31. The average molecular weight is 475 g/mol. The van der Waals surface area contributed by atoms with Gasteiger partial charge in [-0.05, 0) is 44.2 Å². The number of hydrogen-bond donors (Lipinski definition) is 2. The van der Waals surface area contributed by atoms with E-state index in [0.717, 1.165) is 5.56 Å². The molecule has 0 aromatic heterocycles. The summed E-state index contributed by atoms with van der Waals surface area (Å²) in [7, 11) is -0.950. The molecule has 0 saturated heterocycles. The van der Waals surface area contributed by atoms with E-state index in [0.29, 0.717) is 17.1 Å². The van der Waals surface area contributed by atoms with Gasteiger partial charge in [0.2, 0.25) is 0 Å². The van der Waals surface area contributed by atoms with Crippen molar-refractivity contribution in [2.75, 3.05) is 26.6 Å². The molecule has 10 heteroatoms. The number of sulfone groups is 1. The Hall–Kier alpha value is -3.53. The van der Waals surface area contributed by atoms with Crippen LogP contribution in [0.15, 0.2) is 58.6 Å². The number of urea groups is 1. The van der Waals surface area contributed by atoms with Gasteiger partial charge in [0, 0.05) is 11.3 Å². The molecule has 1 atom stereocenters. The first-order chi connectivity index (χ1) is 15.7. The predicted octanol–water partition coefficient (Wildman–Crippen LogP) is 2.66. The predicted molar refractivity (Wildman–Crippen MR) is 121 cm³/mol. The van der Waals surface area contributed by atoms with E-state index in [1.165, 1.54) is 26.4 Å². The normalized spacial score (nSPS) is 16.0. The third kappa shape index (κ3) is 5.28. The molecular formula is C23H26N2O7S. The van der Waals surface area contributed by atoms with Crippen molar-refractivity contribution in [1.29, 1.82) is 0 Å². The molecule has 0 spiro atoms. The summed E-state index contributed by atoms with van der Waals surface area (Å²) in [6, 6.07) is 9.56. The molecule has 0 fully saturated rings. The quantitative estimate of drug-likeness (QED) is 0.565. The molecule has 1 aliphatic rings. The Balaban J connectivity index is 2.16. The van der Waals surface area contributed by atoms with Crippen LogP contribution >= 0.6 is 0 Å². The Bertz CT molecular complexity index is 1190. The lowest BCUT2D eigenvalue weighted by atomic mass is 9.94. The maximum Gasteiger partial charge on any atom is 0.338 e. The van der Waals surface area contributed by atoms with Gasteiger partial charge in [-0.15, -0.1) is 0 Å². The smallest absolute Gasteiger partial charge is 0.338 e. The Morgan fingerprint density at radius 1 is 1.06 bits per heavy atom. The maximum atomic E-state index is 13.1. The molecular weight excluding hydrogens is 448 g/mol. The third-order valence-electron chi connectivity index (χ3n) is 5.11. The summed E-state index contributed by atoms with van der Waals surface area (Å²) in [5, 5.41) is 5.16. The number of carbonyl (C=O) groups excluding carboxylic acids is 2. The van der Waals surface area contributed by atoms with Gasteiger partial charge in [-0.2, -0.15) is 0 Å². The van der Waals surface area contributed by atoms with Crippen molar-refractivity contribution in [3.05, 3.63) is 64.9 Å². The summed E-state index contributed by atoms with van der Waals surface area (Å²) < 4.78 is 42.1. The molecule has 176 valence electrons. The Morgan fingerprint density at radius 3 is 2.36 bits per heavy atom. The molecule has 1 aliphatic heterocycles. The van der Waals surface area contributed by atoms with E-state index in [-0.39, 0.29) is 22.8 Å². The van der Waals surface area contributed by atoms with Gasteiger partial charge in [-0.25, -0.2) is 18.0 Å². The van der Waals surface area contributed by atoms with Crippen molar-refractivity contribution in [1.82, 2.24) is 10.6 Å². The standard InChI is InChI=1S/C23H26N2O7S/c1-5-32-22(26)20-18(13-33(28,29)16-9-6-14(2)7-10-16)24-23(27)25-21(20)17-12-15(30-3)8-11-19(17)31-4/h6-12,21H,5,13H2,1-4H3,(H2,24,25,27)/t21-/m0/s1. The summed E-state index contributed by atoms with van der Waals surface area (Å²) in [5.74, 6) is -0.504. The minimum absolute atomic E-state index is 0.0290. The van der Waals surface area contributed by atoms with Crippen LogP contribution < -0.4 is 20.1 Å². The highest BCUT2D eigenvalue weighted by atomic mass is 32.2. The molecule has 0 radical (unpaired) electrons. The van der Waals surface area contributed by atoms with Crippen LogP contribution in [0, 0.1) is 6.92 Å². The molecule has 2 amide bonds. The first-order valence-corrected chi connectivity index (χ1v) is 11.8. The van der Waals surface area contributed by atoms with Crippen LogP contribution in [0.2, 0.25) is 0 Å². The van der Waals surface area contributed by atoms with Crippen molar-refractivity contribution >= 4 is 21.8 Å². The highest BCUT2D eigenvalue weighted by Gasteiger charge is 2.37. The summed E-state index contributed by atoms with van der Waals surface area (Å²) in [6.07, 6.45) is 0. The van der Waals surface area contributed by atoms with Gasteiger partial charge in [-0.3, -0.25) is 0 Å². The molecule has 0 unspecified atom stereocenters. The highest BCUT2D eigenvalue weighted by Crippen LogP contribution is 2.36. The van der Waals surface area contributed by atoms with Gasteiger partial charge in [0.05, 0.1) is 43.1 Å². The Labute approximate surface area is 192 Å². The molecule has 0 aliphatic carbocycles. The number of ether oxygens (including phenoxy) is 3. The third-order valence-corrected chi connectivity index (χ3v) is 6.77. The molecule has 33 heavy (non-hydrogen) atoms. The number of esters is 1. The number of carbonyl (C=O) groups is 2. The van der Waals surface area contributed by atoms with Gasteiger partial charge in [-0.1, -0.05) is 17.7 Å². The fourth-order valence-corrected chi connectivity index (χ4v) is 4.82. The lowest BCUT2D eigenvalue weighted by Gasteiger charge is -2.30. The number of aryl methyl sites for hydroxylation is 1. The van der Waals surface area contributed by atoms with Gasteiger partial charge in [0.15, 0.2) is 9.84 Å². The Kier molecular flexibility index (Phi) is 7.27. The van der Waals surface area contributed by atoms with E-state index in [4.69, 9.17) is 14.2 Å². The number of nitrogens with one attached hydrogen (secondary N) is 2. The van der Waals surface area contributed by atoms with E-state index in [2.05, 4.69) is 10.6 Å². The molecule has 3 rings (SSSR count). The lowest BCUT2D eigenvalue weighted by molar-refractivity contribution is -0.139. The van der Waals surface area contributed by atoms with Gasteiger partial charge in [0.1, 0.15) is 11.5 Å². The van der Waals surface area contributed by atoms with E-state index in [1.54, 1.807) is 37.3 Å². The molecule has 2 aromatic carbocycles. The largest absolute Gasteiger partial charge is 0.497 e. The van der Waals surface area contributed by atoms with Crippen molar-refractivity contribution in [2.24, 2.45) is 0 Å². The summed E-state index contributed by atoms with van der Waals surface area (Å²) in [5.41, 5.74) is 1.23. The van der Waals surface area contributed by atoms with Crippen molar-refractivity contribution in [2.45, 2.75) is 24.8 Å². The number of amides is 2. The summed E-state index contributed by atoms with van der Waals surface area (Å²) in [4.78, 5) is 25.6. The number of methoxy groups -OCH3 is 2. The fraction of sp³-hybridized carbons (Fsp3) is 0.304. The summed E-state index contributed by atoms with van der Waals surface area (Å²) >= 11 is 0. The lowest BCUT2D eigenvalue weighted by Crippen LogP contribution is -2.47. The topological polar surface area (TPSA) is 120 Å². The van der Waals surface area contributed by atoms with E-state index in [9.17, 15) is 18.0 Å². The molecule has 2 N–H and O–H groups in total. The van der Waals surface area contributed by atoms with E-state index >= 15 is 0 Å². The van der Waals surface area contributed by atoms with Gasteiger partial charge in [0.25, 0.3) is 0 Å². The fourth-order valence-electron chi connectivity index (χ4n) is 3.50. The van der Waals surface area contributed by atoms with Crippen LogP contribution in [0.3, 0.4) is 0 Å². The van der Waals surface area contributed by atoms with Crippen molar-refractivity contribution < 1.29 is 32.2 Å². The first-order valence-electron chi connectivity index (χ1n) is 10.2. The van der Waals surface area contributed by atoms with Crippen molar-refractivity contribution in [3.63, 3.8) is 0 Å². The van der Waals surface area contributed by atoms with Gasteiger partial charge < -0.3 is 24.8 Å². The van der Waals surface area contributed by atoms with Crippen LogP contribution in [0.25, 0.3) is 0 Å². The average Bonchev–Trinajstić information content (AvgIpc) is 2.78. The van der Waals surface area contributed by atoms with Gasteiger partial charge >= 0.3 is 12.0 Å². The van der Waals surface area contributed by atoms with Crippen LogP contribution in [-0.4, -0.2) is 47.0 Å². The zero-order valence-electron chi connectivity index (χ0n) is 18.8. The molecule has 2 aromatic rings. The minimum Gasteiger partial charge on any atom is -0.497 e. The van der Waals surface area contributed by atoms with Crippen LogP contribution in [-0.2, 0) is 19.4 Å². The Morgan fingerprint density at radius 2 is 1.76 bits per heavy atom. The van der Waals surface area contributed by atoms with Crippen LogP contribution in [0.4, 0.5) is 4.79 Å². The minimum atomic E-state index is -3.88. The highest BCUT2D eigenvalue weighted by molar-refractivity contribution is 7.91. The number of hydrogen-bond acceptors (Lipinski definition) is 7. The molecule has 1 heterocycles.